The smallest absolute Gasteiger partial charge is 0.257 e. The topological polar surface area (TPSA) is 49.8 Å². The Kier molecular flexibility index (Phi) is 5.62. The van der Waals surface area contributed by atoms with Crippen LogP contribution in [0.5, 0.6) is 5.75 Å². The second-order valence-electron chi connectivity index (χ2n) is 4.06. The third kappa shape index (κ3) is 3.46. The third-order valence-corrected chi connectivity index (χ3v) is 3.22. The molecule has 100 valence electrons. The number of nitrogens with zero attached hydrogens (tertiary/aromatic N) is 1. The lowest BCUT2D eigenvalue weighted by atomic mass is 10.1. The van der Waals surface area contributed by atoms with Crippen LogP contribution in [0, 0.1) is 0 Å². The van der Waals surface area contributed by atoms with Crippen molar-refractivity contribution in [3.8, 4) is 5.75 Å². The first-order valence-electron chi connectivity index (χ1n) is 5.79. The fraction of sp³-hybridized carbons (Fsp3) is 0.462. The lowest BCUT2D eigenvalue weighted by Crippen LogP contribution is -2.40. The summed E-state index contributed by atoms with van der Waals surface area (Å²) in [5.41, 5.74) is 0.300. The molecule has 0 aliphatic carbocycles. The van der Waals surface area contributed by atoms with E-state index in [2.05, 4.69) is 15.9 Å². The van der Waals surface area contributed by atoms with Crippen LogP contribution in [0.2, 0.25) is 0 Å². The number of amides is 1. The molecule has 1 N–H and O–H groups in total. The number of methoxy groups -OCH3 is 1. The highest BCUT2D eigenvalue weighted by Crippen LogP contribution is 2.24. The zero-order chi connectivity index (χ0) is 13.7. The Hall–Kier alpha value is -1.07. The Morgan fingerprint density at radius 3 is 2.78 bits per heavy atom. The first-order valence-corrected chi connectivity index (χ1v) is 6.59. The van der Waals surface area contributed by atoms with Crippen molar-refractivity contribution in [2.75, 3.05) is 20.3 Å². The third-order valence-electron chi connectivity index (χ3n) is 2.73. The van der Waals surface area contributed by atoms with Crippen LogP contribution in [0.4, 0.5) is 0 Å². The Morgan fingerprint density at radius 2 is 2.22 bits per heavy atom. The van der Waals surface area contributed by atoms with E-state index in [1.807, 2.05) is 13.8 Å². The molecule has 1 amide bonds. The second-order valence-corrected chi connectivity index (χ2v) is 4.97. The van der Waals surface area contributed by atoms with E-state index < -0.39 is 0 Å². The summed E-state index contributed by atoms with van der Waals surface area (Å²) in [6.07, 6.45) is 0. The van der Waals surface area contributed by atoms with Gasteiger partial charge in [0.2, 0.25) is 0 Å². The van der Waals surface area contributed by atoms with Gasteiger partial charge in [-0.3, -0.25) is 4.79 Å². The van der Waals surface area contributed by atoms with Crippen molar-refractivity contribution in [1.29, 1.82) is 0 Å². The van der Waals surface area contributed by atoms with Gasteiger partial charge < -0.3 is 14.7 Å². The van der Waals surface area contributed by atoms with Crippen LogP contribution < -0.4 is 0 Å². The van der Waals surface area contributed by atoms with Crippen molar-refractivity contribution < 1.29 is 14.6 Å². The van der Waals surface area contributed by atoms with Crippen molar-refractivity contribution in [2.24, 2.45) is 0 Å². The van der Waals surface area contributed by atoms with Crippen molar-refractivity contribution in [2.45, 2.75) is 19.9 Å². The van der Waals surface area contributed by atoms with Gasteiger partial charge in [-0.25, -0.2) is 0 Å². The standard InChI is InChI=1S/C13H18BrNO3/c1-4-15(9(2)8-18-3)13(17)11-7-10(14)5-6-12(11)16/h5-7,9,16H,4,8H2,1-3H3. The van der Waals surface area contributed by atoms with E-state index in [1.54, 1.807) is 24.1 Å². The van der Waals surface area contributed by atoms with E-state index in [0.29, 0.717) is 18.7 Å². The number of hydrogen-bond acceptors (Lipinski definition) is 3. The van der Waals surface area contributed by atoms with Gasteiger partial charge in [-0.2, -0.15) is 0 Å². The molecule has 0 saturated heterocycles. The molecule has 0 heterocycles. The van der Waals surface area contributed by atoms with Crippen molar-refractivity contribution >= 4 is 21.8 Å². The zero-order valence-electron chi connectivity index (χ0n) is 10.8. The number of carbonyl (C=O) groups is 1. The van der Waals surface area contributed by atoms with E-state index >= 15 is 0 Å². The molecule has 4 nitrogen and oxygen atoms in total. The Morgan fingerprint density at radius 1 is 1.56 bits per heavy atom. The van der Waals surface area contributed by atoms with Crippen LogP contribution in [-0.2, 0) is 4.74 Å². The molecule has 0 fully saturated rings. The molecular weight excluding hydrogens is 298 g/mol. The van der Waals surface area contributed by atoms with Crippen molar-refractivity contribution in [3.63, 3.8) is 0 Å². The molecular formula is C13H18BrNO3. The van der Waals surface area contributed by atoms with Gasteiger partial charge in [-0.15, -0.1) is 0 Å². The van der Waals surface area contributed by atoms with Crippen LogP contribution in [0.15, 0.2) is 22.7 Å². The first-order chi connectivity index (χ1) is 8.51. The number of aromatic hydroxyl groups is 1. The SMILES string of the molecule is CCN(C(=O)c1cc(Br)ccc1O)C(C)COC. The average Bonchev–Trinajstić information content (AvgIpc) is 2.33. The summed E-state index contributed by atoms with van der Waals surface area (Å²) in [6.45, 7) is 4.85. The Labute approximate surface area is 116 Å². The van der Waals surface area contributed by atoms with E-state index in [4.69, 9.17) is 4.74 Å². The fourth-order valence-corrected chi connectivity index (χ4v) is 2.18. The summed E-state index contributed by atoms with van der Waals surface area (Å²) in [6, 6.07) is 4.79. The van der Waals surface area contributed by atoms with E-state index in [0.717, 1.165) is 4.47 Å². The van der Waals surface area contributed by atoms with Gasteiger partial charge >= 0.3 is 0 Å². The summed E-state index contributed by atoms with van der Waals surface area (Å²) in [5.74, 6) is -0.202. The monoisotopic (exact) mass is 315 g/mol. The highest BCUT2D eigenvalue weighted by molar-refractivity contribution is 9.10. The van der Waals surface area contributed by atoms with Gasteiger partial charge in [-0.05, 0) is 32.0 Å². The van der Waals surface area contributed by atoms with Crippen LogP contribution in [0.1, 0.15) is 24.2 Å². The van der Waals surface area contributed by atoms with Gasteiger partial charge in [0.25, 0.3) is 5.91 Å². The van der Waals surface area contributed by atoms with E-state index in [1.165, 1.54) is 6.07 Å². The van der Waals surface area contributed by atoms with Gasteiger partial charge in [0, 0.05) is 18.1 Å². The minimum atomic E-state index is -0.194. The molecule has 0 spiro atoms. The maximum Gasteiger partial charge on any atom is 0.257 e. The summed E-state index contributed by atoms with van der Waals surface area (Å²) < 4.78 is 5.82. The van der Waals surface area contributed by atoms with Crippen molar-refractivity contribution in [1.82, 2.24) is 4.90 Å². The summed E-state index contributed by atoms with van der Waals surface area (Å²) in [5, 5.41) is 9.76. The molecule has 1 rings (SSSR count). The number of hydrogen-bond donors (Lipinski definition) is 1. The molecule has 1 aromatic rings. The Balaban J connectivity index is 2.99. The fourth-order valence-electron chi connectivity index (χ4n) is 1.82. The largest absolute Gasteiger partial charge is 0.507 e. The maximum atomic E-state index is 12.4. The number of phenolic OH excluding ortho intramolecular Hbond substituents is 1. The van der Waals surface area contributed by atoms with Crippen LogP contribution >= 0.6 is 15.9 Å². The van der Waals surface area contributed by atoms with Gasteiger partial charge in [-0.1, -0.05) is 15.9 Å². The number of ether oxygens (including phenoxy) is 1. The number of carbonyl (C=O) groups excluding carboxylic acids is 1. The van der Waals surface area contributed by atoms with E-state index in [9.17, 15) is 9.90 Å². The predicted molar refractivity (Wildman–Crippen MR) is 73.9 cm³/mol. The highest BCUT2D eigenvalue weighted by atomic mass is 79.9. The normalized spacial score (nSPS) is 12.2. The molecule has 0 aliphatic heterocycles. The lowest BCUT2D eigenvalue weighted by molar-refractivity contribution is 0.0576. The molecule has 0 aliphatic rings. The molecule has 0 saturated carbocycles. The van der Waals surface area contributed by atoms with Crippen molar-refractivity contribution in [3.05, 3.63) is 28.2 Å². The van der Waals surface area contributed by atoms with Crippen LogP contribution in [0.3, 0.4) is 0 Å². The molecule has 0 bridgehead atoms. The first kappa shape index (κ1) is 15.0. The maximum absolute atomic E-state index is 12.4. The summed E-state index contributed by atoms with van der Waals surface area (Å²) in [7, 11) is 1.60. The predicted octanol–water partition coefficient (Wildman–Crippen LogP) is 2.65. The average molecular weight is 316 g/mol. The summed E-state index contributed by atoms with van der Waals surface area (Å²) >= 11 is 3.30. The molecule has 0 aromatic heterocycles. The second kappa shape index (κ2) is 6.75. The Bertz CT molecular complexity index is 423. The highest BCUT2D eigenvalue weighted by Gasteiger charge is 2.22. The number of rotatable bonds is 5. The number of likely N-dealkylation sites (N-methyl/N-ethyl adjacent to an activating group) is 1. The molecule has 5 heteroatoms. The van der Waals surface area contributed by atoms with Gasteiger partial charge in [0.1, 0.15) is 5.75 Å². The number of benzene rings is 1. The van der Waals surface area contributed by atoms with Gasteiger partial charge in [0.15, 0.2) is 0 Å². The van der Waals surface area contributed by atoms with Gasteiger partial charge in [0.05, 0.1) is 18.2 Å². The van der Waals surface area contributed by atoms with Crippen LogP contribution in [0.25, 0.3) is 0 Å². The molecule has 0 radical (unpaired) electrons. The van der Waals surface area contributed by atoms with E-state index in [-0.39, 0.29) is 17.7 Å². The summed E-state index contributed by atoms with van der Waals surface area (Å²) in [4.78, 5) is 14.0. The quantitative estimate of drug-likeness (QED) is 0.908. The minimum absolute atomic E-state index is 0.00809. The van der Waals surface area contributed by atoms with Crippen LogP contribution in [-0.4, -0.2) is 42.2 Å². The molecule has 1 atom stereocenters. The molecule has 1 unspecified atom stereocenters. The minimum Gasteiger partial charge on any atom is -0.507 e. The number of halogens is 1. The lowest BCUT2D eigenvalue weighted by Gasteiger charge is -2.27. The zero-order valence-corrected chi connectivity index (χ0v) is 12.4. The molecule has 18 heavy (non-hydrogen) atoms. The number of phenols is 1. The molecule has 1 aromatic carbocycles.